The lowest BCUT2D eigenvalue weighted by molar-refractivity contribution is -0.388. The molecular formula is C7H4F2NO2. The molecule has 63 valence electrons. The Morgan fingerprint density at radius 1 is 1.42 bits per heavy atom. The molecule has 0 saturated carbocycles. The van der Waals surface area contributed by atoms with Crippen molar-refractivity contribution >= 4 is 5.69 Å². The van der Waals surface area contributed by atoms with E-state index in [9.17, 15) is 18.9 Å². The van der Waals surface area contributed by atoms with E-state index in [1.165, 1.54) is 0 Å². The average Bonchev–Trinajstić information content (AvgIpc) is 1.82. The second-order valence-corrected chi connectivity index (χ2v) is 2.15. The summed E-state index contributed by atoms with van der Waals surface area (Å²) in [5.74, 6) is -2.08. The third-order valence-electron chi connectivity index (χ3n) is 1.29. The maximum atomic E-state index is 12.6. The van der Waals surface area contributed by atoms with Crippen LogP contribution >= 0.6 is 0 Å². The van der Waals surface area contributed by atoms with Gasteiger partial charge in [0.1, 0.15) is 5.82 Å². The largest absolute Gasteiger partial charge is 0.308 e. The van der Waals surface area contributed by atoms with Crippen LogP contribution in [-0.2, 0) is 0 Å². The molecule has 0 bridgehead atoms. The van der Waals surface area contributed by atoms with Crippen molar-refractivity contribution in [1.82, 2.24) is 0 Å². The van der Waals surface area contributed by atoms with Crippen LogP contribution < -0.4 is 0 Å². The standard InChI is InChI=1S/C7H4F2NO2/c1-4-2-5(8)3-6(9)7(4)10(11)12/h2-3H,1H2. The second-order valence-electron chi connectivity index (χ2n) is 2.15. The van der Waals surface area contributed by atoms with E-state index in [0.29, 0.717) is 6.07 Å². The van der Waals surface area contributed by atoms with Crippen molar-refractivity contribution in [3.8, 4) is 0 Å². The highest BCUT2D eigenvalue weighted by atomic mass is 19.1. The Kier molecular flexibility index (Phi) is 2.03. The molecule has 0 saturated heterocycles. The predicted octanol–water partition coefficient (Wildman–Crippen LogP) is 2.06. The molecule has 0 heterocycles. The first-order valence-electron chi connectivity index (χ1n) is 2.97. The topological polar surface area (TPSA) is 43.1 Å². The molecule has 0 aromatic heterocycles. The summed E-state index contributed by atoms with van der Waals surface area (Å²) in [4.78, 5) is 9.22. The number of hydrogen-bond donors (Lipinski definition) is 0. The molecule has 0 unspecified atom stereocenters. The van der Waals surface area contributed by atoms with E-state index >= 15 is 0 Å². The van der Waals surface area contributed by atoms with Crippen molar-refractivity contribution < 1.29 is 13.7 Å². The number of halogens is 2. The van der Waals surface area contributed by atoms with Crippen LogP contribution in [-0.4, -0.2) is 4.92 Å². The molecule has 0 fully saturated rings. The molecule has 0 atom stereocenters. The minimum absolute atomic E-state index is 0.266. The van der Waals surface area contributed by atoms with Gasteiger partial charge in [-0.3, -0.25) is 10.1 Å². The first-order chi connectivity index (χ1) is 5.52. The van der Waals surface area contributed by atoms with Gasteiger partial charge in [0.25, 0.3) is 0 Å². The summed E-state index contributed by atoms with van der Waals surface area (Å²) in [7, 11) is 0. The van der Waals surface area contributed by atoms with Gasteiger partial charge in [-0.05, 0) is 13.0 Å². The van der Waals surface area contributed by atoms with E-state index in [0.717, 1.165) is 6.07 Å². The van der Waals surface area contributed by atoms with E-state index < -0.39 is 22.2 Å². The van der Waals surface area contributed by atoms with Crippen molar-refractivity contribution in [2.24, 2.45) is 0 Å². The van der Waals surface area contributed by atoms with Crippen LogP contribution in [0, 0.1) is 28.7 Å². The molecular weight excluding hydrogens is 168 g/mol. The molecule has 1 radical (unpaired) electrons. The van der Waals surface area contributed by atoms with E-state index in [-0.39, 0.29) is 5.56 Å². The summed E-state index contributed by atoms with van der Waals surface area (Å²) in [6, 6.07) is 1.26. The molecule has 0 aliphatic carbocycles. The highest BCUT2D eigenvalue weighted by Gasteiger charge is 2.18. The first-order valence-corrected chi connectivity index (χ1v) is 2.97. The molecule has 0 spiro atoms. The molecule has 3 nitrogen and oxygen atoms in total. The quantitative estimate of drug-likeness (QED) is 0.480. The fourth-order valence-corrected chi connectivity index (χ4v) is 0.824. The lowest BCUT2D eigenvalue weighted by Crippen LogP contribution is -1.96. The average molecular weight is 172 g/mol. The summed E-state index contributed by atoms with van der Waals surface area (Å²) >= 11 is 0. The Bertz CT molecular complexity index is 315. The van der Waals surface area contributed by atoms with E-state index in [4.69, 9.17) is 0 Å². The Morgan fingerprint density at radius 2 is 2.00 bits per heavy atom. The van der Waals surface area contributed by atoms with Gasteiger partial charge in [0, 0.05) is 11.6 Å². The van der Waals surface area contributed by atoms with Gasteiger partial charge in [0.15, 0.2) is 0 Å². The lowest BCUT2D eigenvalue weighted by atomic mass is 10.2. The van der Waals surface area contributed by atoms with Gasteiger partial charge in [-0.1, -0.05) is 0 Å². The zero-order valence-electron chi connectivity index (χ0n) is 5.88. The van der Waals surface area contributed by atoms with Crippen molar-refractivity contribution in [3.63, 3.8) is 0 Å². The first kappa shape index (κ1) is 8.58. The van der Waals surface area contributed by atoms with E-state index in [1.807, 2.05) is 0 Å². The van der Waals surface area contributed by atoms with Gasteiger partial charge in [-0.25, -0.2) is 4.39 Å². The minimum Gasteiger partial charge on any atom is -0.258 e. The highest BCUT2D eigenvalue weighted by molar-refractivity contribution is 5.43. The Hall–Kier alpha value is -1.52. The van der Waals surface area contributed by atoms with Gasteiger partial charge in [0.2, 0.25) is 5.82 Å². The van der Waals surface area contributed by atoms with Crippen LogP contribution in [0.15, 0.2) is 12.1 Å². The third kappa shape index (κ3) is 1.39. The molecule has 1 aromatic carbocycles. The molecule has 0 amide bonds. The number of nitro groups is 1. The number of rotatable bonds is 1. The Labute approximate surface area is 66.8 Å². The maximum Gasteiger partial charge on any atom is 0.308 e. The summed E-state index contributed by atoms with van der Waals surface area (Å²) < 4.78 is 25.0. The van der Waals surface area contributed by atoms with Crippen LogP contribution in [0.25, 0.3) is 0 Å². The monoisotopic (exact) mass is 172 g/mol. The predicted molar refractivity (Wildman–Crippen MR) is 37.5 cm³/mol. The number of nitro benzene ring substituents is 1. The molecule has 0 N–H and O–H groups in total. The van der Waals surface area contributed by atoms with Crippen molar-refractivity contribution in [3.05, 3.63) is 46.4 Å². The Morgan fingerprint density at radius 3 is 2.42 bits per heavy atom. The second kappa shape index (κ2) is 2.84. The van der Waals surface area contributed by atoms with Gasteiger partial charge >= 0.3 is 5.69 Å². The number of hydrogen-bond acceptors (Lipinski definition) is 2. The molecule has 0 aliphatic rings. The fraction of sp³-hybridized carbons (Fsp3) is 0. The summed E-state index contributed by atoms with van der Waals surface area (Å²) in [6.07, 6.45) is 0. The molecule has 12 heavy (non-hydrogen) atoms. The normalized spacial score (nSPS) is 9.92. The zero-order valence-corrected chi connectivity index (χ0v) is 5.88. The van der Waals surface area contributed by atoms with Crippen molar-refractivity contribution in [1.29, 1.82) is 0 Å². The Balaban J connectivity index is 3.38. The van der Waals surface area contributed by atoms with Crippen LogP contribution in [0.1, 0.15) is 5.56 Å². The molecule has 0 aliphatic heterocycles. The smallest absolute Gasteiger partial charge is 0.258 e. The van der Waals surface area contributed by atoms with E-state index in [1.54, 1.807) is 0 Å². The highest BCUT2D eigenvalue weighted by Crippen LogP contribution is 2.22. The lowest BCUT2D eigenvalue weighted by Gasteiger charge is -1.97. The fourth-order valence-electron chi connectivity index (χ4n) is 0.824. The summed E-state index contributed by atoms with van der Waals surface area (Å²) in [6.45, 7) is 3.14. The molecule has 1 rings (SSSR count). The number of nitrogens with zero attached hydrogens (tertiary/aromatic N) is 1. The minimum atomic E-state index is -1.20. The molecule has 5 heteroatoms. The van der Waals surface area contributed by atoms with Crippen molar-refractivity contribution in [2.75, 3.05) is 0 Å². The summed E-state index contributed by atoms with van der Waals surface area (Å²) in [5, 5.41) is 10.2. The molecule has 1 aromatic rings. The summed E-state index contributed by atoms with van der Waals surface area (Å²) in [5.41, 5.74) is -1.05. The van der Waals surface area contributed by atoms with Gasteiger partial charge in [0.05, 0.1) is 4.92 Å². The van der Waals surface area contributed by atoms with Gasteiger partial charge < -0.3 is 0 Å². The van der Waals surface area contributed by atoms with Crippen LogP contribution in [0.5, 0.6) is 0 Å². The van der Waals surface area contributed by atoms with E-state index in [2.05, 4.69) is 6.92 Å². The van der Waals surface area contributed by atoms with Crippen LogP contribution in [0.4, 0.5) is 14.5 Å². The van der Waals surface area contributed by atoms with Crippen LogP contribution in [0.2, 0.25) is 0 Å². The third-order valence-corrected chi connectivity index (χ3v) is 1.29. The van der Waals surface area contributed by atoms with Gasteiger partial charge in [-0.15, -0.1) is 0 Å². The maximum absolute atomic E-state index is 12.6. The SMILES string of the molecule is [CH2]c1cc(F)cc(F)c1[N+](=O)[O-]. The zero-order chi connectivity index (χ0) is 9.30. The van der Waals surface area contributed by atoms with Crippen molar-refractivity contribution in [2.45, 2.75) is 0 Å². The van der Waals surface area contributed by atoms with Crippen LogP contribution in [0.3, 0.4) is 0 Å². The number of benzene rings is 1. The van der Waals surface area contributed by atoms with Gasteiger partial charge in [-0.2, -0.15) is 4.39 Å².